The van der Waals surface area contributed by atoms with E-state index in [1.165, 1.54) is 37.0 Å². The van der Waals surface area contributed by atoms with Crippen molar-refractivity contribution in [3.63, 3.8) is 0 Å². The van der Waals surface area contributed by atoms with Gasteiger partial charge in [0.1, 0.15) is 11.4 Å². The van der Waals surface area contributed by atoms with Gasteiger partial charge in [-0.2, -0.15) is 5.10 Å². The summed E-state index contributed by atoms with van der Waals surface area (Å²) in [5, 5.41) is 4.92. The van der Waals surface area contributed by atoms with Crippen LogP contribution in [-0.2, 0) is 14.3 Å². The number of ether oxygens (including phenoxy) is 4. The molecule has 0 spiro atoms. The molecule has 1 aliphatic heterocycles. The number of carbonyl (C=O) groups excluding carboxylic acids is 2. The summed E-state index contributed by atoms with van der Waals surface area (Å²) in [6.07, 6.45) is 4.58. The average molecular weight is 679 g/mol. The Labute approximate surface area is 286 Å². The maximum atomic E-state index is 14.4. The third-order valence-electron chi connectivity index (χ3n) is 7.83. The minimum absolute atomic E-state index is 0.201. The van der Waals surface area contributed by atoms with Gasteiger partial charge in [0, 0.05) is 24.2 Å². The molecule has 2 aromatic heterocycles. The fraction of sp³-hybridized carbons (Fsp3) is 0.216. The molecule has 0 bridgehead atoms. The van der Waals surface area contributed by atoms with E-state index in [1.54, 1.807) is 35.9 Å². The smallest absolute Gasteiger partial charge is 0.338 e. The lowest BCUT2D eigenvalue weighted by atomic mass is 9.95. The first-order chi connectivity index (χ1) is 23.7. The van der Waals surface area contributed by atoms with Crippen molar-refractivity contribution in [2.75, 3.05) is 20.8 Å². The zero-order valence-electron chi connectivity index (χ0n) is 27.6. The highest BCUT2D eigenvalue weighted by Crippen LogP contribution is 2.36. The van der Waals surface area contributed by atoms with Gasteiger partial charge in [0.15, 0.2) is 16.3 Å². The number of rotatable bonds is 10. The number of fused-ring (bicyclic) bond motifs is 1. The number of esters is 2. The Morgan fingerprint density at radius 1 is 1.00 bits per heavy atom. The predicted octanol–water partition coefficient (Wildman–Crippen LogP) is 4.98. The summed E-state index contributed by atoms with van der Waals surface area (Å²) >= 11 is 1.21. The van der Waals surface area contributed by atoms with Gasteiger partial charge in [-0.3, -0.25) is 14.2 Å². The van der Waals surface area contributed by atoms with Crippen molar-refractivity contribution in [1.29, 1.82) is 0 Å². The van der Waals surface area contributed by atoms with E-state index < -0.39 is 18.0 Å². The number of thiazole rings is 1. The van der Waals surface area contributed by atoms with E-state index in [-0.39, 0.29) is 22.6 Å². The maximum Gasteiger partial charge on any atom is 0.338 e. The molecule has 3 heterocycles. The lowest BCUT2D eigenvalue weighted by Gasteiger charge is -2.25. The van der Waals surface area contributed by atoms with Crippen molar-refractivity contribution in [2.24, 2.45) is 4.99 Å². The van der Waals surface area contributed by atoms with E-state index in [4.69, 9.17) is 24.0 Å². The summed E-state index contributed by atoms with van der Waals surface area (Å²) in [5.74, 6) is 0.0940. The van der Waals surface area contributed by atoms with Gasteiger partial charge < -0.3 is 18.9 Å². The second-order valence-corrected chi connectivity index (χ2v) is 12.2. The molecule has 0 aliphatic carbocycles. The number of nitrogens with zero attached hydrogens (tertiary/aromatic N) is 4. The minimum Gasteiger partial charge on any atom is -0.494 e. The zero-order valence-corrected chi connectivity index (χ0v) is 28.4. The molecule has 3 aromatic carbocycles. The average Bonchev–Trinajstić information content (AvgIpc) is 3.67. The van der Waals surface area contributed by atoms with Crippen molar-refractivity contribution >= 4 is 29.4 Å². The summed E-state index contributed by atoms with van der Waals surface area (Å²) < 4.78 is 25.4. The molecular weight excluding hydrogens is 644 g/mol. The number of hydrogen-bond acceptors (Lipinski definition) is 10. The summed E-state index contributed by atoms with van der Waals surface area (Å²) in [4.78, 5) is 44.3. The number of hydrogen-bond donors (Lipinski definition) is 0. The zero-order chi connectivity index (χ0) is 34.7. The quantitative estimate of drug-likeness (QED) is 0.150. The molecule has 0 saturated carbocycles. The van der Waals surface area contributed by atoms with Crippen molar-refractivity contribution in [2.45, 2.75) is 33.2 Å². The van der Waals surface area contributed by atoms with Crippen LogP contribution in [0.5, 0.6) is 17.2 Å². The van der Waals surface area contributed by atoms with Crippen molar-refractivity contribution in [1.82, 2.24) is 14.3 Å². The number of carbonyl (C=O) groups is 2. The fourth-order valence-corrected chi connectivity index (χ4v) is 6.64. The van der Waals surface area contributed by atoms with Gasteiger partial charge in [0.2, 0.25) is 0 Å². The first kappa shape index (κ1) is 33.2. The van der Waals surface area contributed by atoms with E-state index in [2.05, 4.69) is 11.9 Å². The number of aromatic nitrogens is 3. The van der Waals surface area contributed by atoms with Crippen LogP contribution in [0.15, 0.2) is 100 Å². The van der Waals surface area contributed by atoms with Crippen LogP contribution < -0.4 is 29.1 Å². The van der Waals surface area contributed by atoms with Crippen LogP contribution in [0.3, 0.4) is 0 Å². The normalized spacial score (nSPS) is 14.2. The summed E-state index contributed by atoms with van der Waals surface area (Å²) in [6, 6.07) is 21.4. The first-order valence-corrected chi connectivity index (χ1v) is 16.4. The van der Waals surface area contributed by atoms with Crippen LogP contribution in [0.4, 0.5) is 0 Å². The van der Waals surface area contributed by atoms with Crippen LogP contribution in [0.25, 0.3) is 23.0 Å². The van der Waals surface area contributed by atoms with Crippen LogP contribution >= 0.6 is 11.3 Å². The molecule has 11 nitrogen and oxygen atoms in total. The maximum absolute atomic E-state index is 14.4. The molecule has 0 N–H and O–H groups in total. The Morgan fingerprint density at radius 3 is 2.43 bits per heavy atom. The molecule has 6 rings (SSSR count). The fourth-order valence-electron chi connectivity index (χ4n) is 5.60. The summed E-state index contributed by atoms with van der Waals surface area (Å²) in [6.45, 7) is 5.67. The number of para-hydroxylation sites is 1. The molecule has 0 radical (unpaired) electrons. The largest absolute Gasteiger partial charge is 0.494 e. The Kier molecular flexibility index (Phi) is 9.58. The standard InChI is InChI=1S/C37H34N4O7S/c1-6-18-47-28-15-12-24(13-16-28)33-26(21-40(39-33)27-10-8-7-9-11-27)20-31-35(43)41-34(32(36(44)46-5)22(2)38-37(41)49-31)25-14-17-29(48-23(3)42)30(19-25)45-4/h7-17,19-21,34H,6,18H2,1-5H3. The van der Waals surface area contributed by atoms with Crippen molar-refractivity contribution in [3.8, 4) is 34.2 Å². The highest BCUT2D eigenvalue weighted by atomic mass is 32.1. The van der Waals surface area contributed by atoms with Gasteiger partial charge >= 0.3 is 11.9 Å². The highest BCUT2D eigenvalue weighted by Gasteiger charge is 2.34. The van der Waals surface area contributed by atoms with Crippen molar-refractivity contribution in [3.05, 3.63) is 121 Å². The highest BCUT2D eigenvalue weighted by molar-refractivity contribution is 7.07. The van der Waals surface area contributed by atoms with Crippen molar-refractivity contribution < 1.29 is 28.5 Å². The molecule has 0 fully saturated rings. The van der Waals surface area contributed by atoms with Gasteiger partial charge in [0.25, 0.3) is 5.56 Å². The molecule has 1 aliphatic rings. The number of benzene rings is 3. The molecule has 12 heteroatoms. The van der Waals surface area contributed by atoms with Crippen LogP contribution in [0, 0.1) is 0 Å². The summed E-state index contributed by atoms with van der Waals surface area (Å²) in [5.41, 5.74) is 3.89. The monoisotopic (exact) mass is 678 g/mol. The van der Waals surface area contributed by atoms with E-state index in [0.717, 1.165) is 23.4 Å². The van der Waals surface area contributed by atoms with Gasteiger partial charge in [-0.25, -0.2) is 14.5 Å². The third-order valence-corrected chi connectivity index (χ3v) is 8.82. The lowest BCUT2D eigenvalue weighted by Crippen LogP contribution is -2.39. The molecular formula is C37H34N4O7S. The molecule has 1 atom stereocenters. The molecule has 1 unspecified atom stereocenters. The lowest BCUT2D eigenvalue weighted by molar-refractivity contribution is -0.136. The van der Waals surface area contributed by atoms with E-state index in [0.29, 0.717) is 38.5 Å². The van der Waals surface area contributed by atoms with E-state index in [9.17, 15) is 14.4 Å². The topological polar surface area (TPSA) is 123 Å². The van der Waals surface area contributed by atoms with E-state index in [1.807, 2.05) is 60.8 Å². The minimum atomic E-state index is -0.895. The second kappa shape index (κ2) is 14.2. The van der Waals surface area contributed by atoms with Gasteiger partial charge in [-0.1, -0.05) is 42.5 Å². The summed E-state index contributed by atoms with van der Waals surface area (Å²) in [7, 11) is 2.72. The molecule has 49 heavy (non-hydrogen) atoms. The van der Waals surface area contributed by atoms with Crippen LogP contribution in [0.1, 0.15) is 44.4 Å². The predicted molar refractivity (Wildman–Crippen MR) is 185 cm³/mol. The van der Waals surface area contributed by atoms with Gasteiger partial charge in [-0.15, -0.1) is 0 Å². The molecule has 0 saturated heterocycles. The Hall–Kier alpha value is -5.75. The number of methoxy groups -OCH3 is 2. The van der Waals surface area contributed by atoms with Crippen LogP contribution in [0.2, 0.25) is 0 Å². The van der Waals surface area contributed by atoms with E-state index >= 15 is 0 Å². The second-order valence-electron chi connectivity index (χ2n) is 11.2. The Morgan fingerprint density at radius 2 is 1.76 bits per heavy atom. The first-order valence-electron chi connectivity index (χ1n) is 15.6. The molecule has 0 amide bonds. The molecule has 250 valence electrons. The third kappa shape index (κ3) is 6.68. The Balaban J connectivity index is 1.52. The SMILES string of the molecule is CCCOc1ccc(-c2nn(-c3ccccc3)cc2C=c2sc3n(c2=O)C(c2ccc(OC(C)=O)c(OC)c2)C(C(=O)OC)=C(C)N=3)cc1. The van der Waals surface area contributed by atoms with Crippen LogP contribution in [-0.4, -0.2) is 47.1 Å². The van der Waals surface area contributed by atoms with Gasteiger partial charge in [0.05, 0.1) is 48.4 Å². The Bertz CT molecular complexity index is 2250. The molecule has 5 aromatic rings. The number of allylic oxidation sites excluding steroid dienone is 1. The van der Waals surface area contributed by atoms with Gasteiger partial charge in [-0.05, 0) is 73.5 Å².